The molecule has 86 valence electrons. The van der Waals surface area contributed by atoms with Crippen LogP contribution in [-0.4, -0.2) is 18.5 Å². The summed E-state index contributed by atoms with van der Waals surface area (Å²) in [4.78, 5) is 13.8. The molecule has 0 radical (unpaired) electrons. The van der Waals surface area contributed by atoms with Crippen molar-refractivity contribution < 1.29 is 4.79 Å². The van der Waals surface area contributed by atoms with E-state index < -0.39 is 0 Å². The maximum absolute atomic E-state index is 12.0. The van der Waals surface area contributed by atoms with Crippen molar-refractivity contribution in [2.75, 3.05) is 11.4 Å². The van der Waals surface area contributed by atoms with Crippen LogP contribution in [0.3, 0.4) is 0 Å². The van der Waals surface area contributed by atoms with Crippen LogP contribution < -0.4 is 10.6 Å². The van der Waals surface area contributed by atoms with E-state index in [1.165, 1.54) is 5.56 Å². The highest BCUT2D eigenvalue weighted by atomic mass is 16.2. The van der Waals surface area contributed by atoms with Gasteiger partial charge in [0.1, 0.15) is 0 Å². The molecule has 0 aromatic heterocycles. The van der Waals surface area contributed by atoms with Gasteiger partial charge in [0.25, 0.3) is 0 Å². The number of hydrogen-bond donors (Lipinski definition) is 1. The molecule has 2 rings (SSSR count). The molecule has 0 saturated carbocycles. The van der Waals surface area contributed by atoms with Gasteiger partial charge in [0.05, 0.1) is 0 Å². The first-order chi connectivity index (χ1) is 7.68. The van der Waals surface area contributed by atoms with E-state index in [-0.39, 0.29) is 11.9 Å². The minimum absolute atomic E-state index is 0.00936. The van der Waals surface area contributed by atoms with Gasteiger partial charge in [0.2, 0.25) is 5.91 Å². The van der Waals surface area contributed by atoms with Gasteiger partial charge in [0, 0.05) is 24.7 Å². The van der Waals surface area contributed by atoms with E-state index in [4.69, 9.17) is 5.73 Å². The molecule has 1 aliphatic rings. The molecule has 0 fully saturated rings. The lowest BCUT2D eigenvalue weighted by Gasteiger charge is -2.24. The number of nitrogens with zero attached hydrogens (tertiary/aromatic N) is 1. The fourth-order valence-corrected chi connectivity index (χ4v) is 2.17. The largest absolute Gasteiger partial charge is 0.326 e. The third kappa shape index (κ3) is 2.25. The molecule has 1 aromatic carbocycles. The highest BCUT2D eigenvalue weighted by Gasteiger charge is 2.22. The molecule has 0 spiro atoms. The van der Waals surface area contributed by atoms with Crippen molar-refractivity contribution in [3.8, 4) is 0 Å². The Bertz CT molecular complexity index is 387. The molecule has 1 amide bonds. The predicted molar refractivity (Wildman–Crippen MR) is 65.4 cm³/mol. The van der Waals surface area contributed by atoms with Crippen molar-refractivity contribution in [2.45, 2.75) is 32.2 Å². The Hall–Kier alpha value is -1.35. The summed E-state index contributed by atoms with van der Waals surface area (Å²) in [6.07, 6.45) is 2.55. The molecular formula is C13H18N2O. The Labute approximate surface area is 96.2 Å². The molecular weight excluding hydrogens is 200 g/mol. The van der Waals surface area contributed by atoms with Crippen LogP contribution in [0.25, 0.3) is 0 Å². The average molecular weight is 218 g/mol. The van der Waals surface area contributed by atoms with Crippen LogP contribution in [0.15, 0.2) is 24.3 Å². The summed E-state index contributed by atoms with van der Waals surface area (Å²) in [5.74, 6) is 0.197. The quantitative estimate of drug-likeness (QED) is 0.821. The van der Waals surface area contributed by atoms with Gasteiger partial charge in [-0.05, 0) is 31.4 Å². The Morgan fingerprint density at radius 1 is 1.38 bits per heavy atom. The van der Waals surface area contributed by atoms with Crippen LogP contribution in [0.5, 0.6) is 0 Å². The number of carbonyl (C=O) groups excluding carboxylic acids is 1. The molecule has 2 N–H and O–H groups in total. The third-order valence-electron chi connectivity index (χ3n) is 2.89. The van der Waals surface area contributed by atoms with E-state index in [1.807, 2.05) is 30.0 Å². The fourth-order valence-electron chi connectivity index (χ4n) is 2.17. The van der Waals surface area contributed by atoms with Gasteiger partial charge in [-0.1, -0.05) is 18.2 Å². The molecule has 1 aromatic rings. The van der Waals surface area contributed by atoms with Crippen LogP contribution in [-0.2, 0) is 11.2 Å². The van der Waals surface area contributed by atoms with Crippen molar-refractivity contribution >= 4 is 11.6 Å². The first-order valence-corrected chi connectivity index (χ1v) is 5.82. The van der Waals surface area contributed by atoms with E-state index in [1.54, 1.807) is 0 Å². The highest BCUT2D eigenvalue weighted by molar-refractivity contribution is 5.94. The maximum Gasteiger partial charge on any atom is 0.227 e. The highest BCUT2D eigenvalue weighted by Crippen LogP contribution is 2.26. The number of fused-ring (bicyclic) bond motifs is 1. The minimum Gasteiger partial charge on any atom is -0.326 e. The summed E-state index contributed by atoms with van der Waals surface area (Å²) in [5.41, 5.74) is 8.10. The number of rotatable bonds is 2. The lowest BCUT2D eigenvalue weighted by atomic mass is 10.1. The molecule has 0 unspecified atom stereocenters. The molecule has 1 aliphatic heterocycles. The smallest absolute Gasteiger partial charge is 0.227 e. The lowest BCUT2D eigenvalue weighted by molar-refractivity contribution is -0.118. The molecule has 1 heterocycles. The lowest BCUT2D eigenvalue weighted by Crippen LogP contribution is -2.39. The number of aryl methyl sites for hydroxylation is 1. The van der Waals surface area contributed by atoms with Crippen LogP contribution in [0.2, 0.25) is 0 Å². The van der Waals surface area contributed by atoms with Crippen LogP contribution in [0.1, 0.15) is 25.3 Å². The summed E-state index contributed by atoms with van der Waals surface area (Å²) in [5, 5.41) is 0. The first-order valence-electron chi connectivity index (χ1n) is 5.82. The number of benzene rings is 1. The van der Waals surface area contributed by atoms with E-state index in [0.29, 0.717) is 13.0 Å². The number of anilines is 1. The van der Waals surface area contributed by atoms with Crippen LogP contribution in [0, 0.1) is 0 Å². The van der Waals surface area contributed by atoms with Gasteiger partial charge >= 0.3 is 0 Å². The summed E-state index contributed by atoms with van der Waals surface area (Å²) in [6, 6.07) is 8.13. The zero-order valence-corrected chi connectivity index (χ0v) is 9.65. The summed E-state index contributed by atoms with van der Waals surface area (Å²) in [7, 11) is 0. The Balaban J connectivity index is 2.36. The van der Waals surface area contributed by atoms with E-state index >= 15 is 0 Å². The second-order valence-corrected chi connectivity index (χ2v) is 4.46. The van der Waals surface area contributed by atoms with Gasteiger partial charge in [-0.15, -0.1) is 0 Å². The van der Waals surface area contributed by atoms with E-state index in [2.05, 4.69) is 6.07 Å². The van der Waals surface area contributed by atoms with Gasteiger partial charge in [-0.3, -0.25) is 4.79 Å². The first kappa shape index (κ1) is 11.1. The van der Waals surface area contributed by atoms with E-state index in [0.717, 1.165) is 18.5 Å². The van der Waals surface area contributed by atoms with Crippen molar-refractivity contribution in [3.05, 3.63) is 29.8 Å². The monoisotopic (exact) mass is 218 g/mol. The summed E-state index contributed by atoms with van der Waals surface area (Å²) >= 11 is 0. The van der Waals surface area contributed by atoms with Crippen molar-refractivity contribution in [2.24, 2.45) is 5.73 Å². The SMILES string of the molecule is C[C@H](N)CN1C(=O)CCCc2ccccc21. The number of carbonyl (C=O) groups is 1. The Morgan fingerprint density at radius 2 is 2.12 bits per heavy atom. The predicted octanol–water partition coefficient (Wildman–Crippen LogP) is 1.70. The molecule has 0 bridgehead atoms. The number of nitrogens with two attached hydrogens (primary N) is 1. The summed E-state index contributed by atoms with van der Waals surface area (Å²) in [6.45, 7) is 2.54. The normalized spacial score (nSPS) is 17.9. The van der Waals surface area contributed by atoms with Crippen LogP contribution in [0.4, 0.5) is 5.69 Å². The van der Waals surface area contributed by atoms with Gasteiger partial charge in [-0.2, -0.15) is 0 Å². The number of para-hydroxylation sites is 1. The topological polar surface area (TPSA) is 46.3 Å². The molecule has 0 saturated heterocycles. The number of hydrogen-bond acceptors (Lipinski definition) is 2. The fraction of sp³-hybridized carbons (Fsp3) is 0.462. The second-order valence-electron chi connectivity index (χ2n) is 4.46. The van der Waals surface area contributed by atoms with Crippen molar-refractivity contribution in [1.29, 1.82) is 0 Å². The third-order valence-corrected chi connectivity index (χ3v) is 2.89. The Morgan fingerprint density at radius 3 is 2.88 bits per heavy atom. The zero-order chi connectivity index (χ0) is 11.5. The van der Waals surface area contributed by atoms with Gasteiger partial charge < -0.3 is 10.6 Å². The van der Waals surface area contributed by atoms with Crippen LogP contribution >= 0.6 is 0 Å². The van der Waals surface area contributed by atoms with Crippen molar-refractivity contribution in [3.63, 3.8) is 0 Å². The molecule has 0 aliphatic carbocycles. The zero-order valence-electron chi connectivity index (χ0n) is 9.65. The molecule has 3 nitrogen and oxygen atoms in total. The molecule has 16 heavy (non-hydrogen) atoms. The summed E-state index contributed by atoms with van der Waals surface area (Å²) < 4.78 is 0. The average Bonchev–Trinajstić information content (AvgIpc) is 2.40. The van der Waals surface area contributed by atoms with Gasteiger partial charge in [0.15, 0.2) is 0 Å². The molecule has 3 heteroatoms. The standard InChI is InChI=1S/C13H18N2O/c1-10(14)9-15-12-7-3-2-5-11(12)6-4-8-13(15)16/h2-3,5,7,10H,4,6,8-9,14H2,1H3/t10-/m0/s1. The van der Waals surface area contributed by atoms with Crippen molar-refractivity contribution in [1.82, 2.24) is 0 Å². The van der Waals surface area contributed by atoms with E-state index in [9.17, 15) is 4.79 Å². The Kier molecular flexibility index (Phi) is 3.25. The second kappa shape index (κ2) is 4.66. The minimum atomic E-state index is 0.00936. The number of amides is 1. The van der Waals surface area contributed by atoms with Gasteiger partial charge in [-0.25, -0.2) is 0 Å². The molecule has 1 atom stereocenters. The maximum atomic E-state index is 12.0.